The first-order valence-corrected chi connectivity index (χ1v) is 9.82. The number of nitrogens with one attached hydrogen (secondary N) is 1. The predicted octanol–water partition coefficient (Wildman–Crippen LogP) is 4.68. The Morgan fingerprint density at radius 3 is 2.73 bits per heavy atom. The fourth-order valence-corrected chi connectivity index (χ4v) is 3.55. The number of hydrogen-bond acceptors (Lipinski definition) is 5. The van der Waals surface area contributed by atoms with E-state index >= 15 is 0 Å². The lowest BCUT2D eigenvalue weighted by atomic mass is 10.1. The maximum atomic E-state index is 12.6. The van der Waals surface area contributed by atoms with E-state index in [2.05, 4.69) is 29.1 Å². The van der Waals surface area contributed by atoms with Crippen LogP contribution in [0, 0.1) is 5.92 Å². The topological polar surface area (TPSA) is 68.0 Å². The number of hydrogen-bond donors (Lipinski definition) is 1. The van der Waals surface area contributed by atoms with Gasteiger partial charge in [0.1, 0.15) is 5.58 Å². The van der Waals surface area contributed by atoms with Crippen LogP contribution < -0.4 is 5.32 Å². The Balaban J connectivity index is 1.76. The molecule has 0 fully saturated rings. The molecule has 0 atom stereocenters. The zero-order chi connectivity index (χ0) is 18.4. The van der Waals surface area contributed by atoms with Gasteiger partial charge in [0.05, 0.1) is 0 Å². The van der Waals surface area contributed by atoms with E-state index in [0.29, 0.717) is 29.1 Å². The molecule has 136 valence electrons. The van der Waals surface area contributed by atoms with Gasteiger partial charge in [-0.05, 0) is 30.9 Å². The molecular weight excluding hydrogens is 346 g/mol. The van der Waals surface area contributed by atoms with Crippen molar-refractivity contribution in [3.8, 4) is 0 Å². The SMILES string of the molecule is CC(C)CCCNC(=O)c1oc2ccccc2c1CSc1ncccn1. The molecule has 0 radical (unpaired) electrons. The Hall–Kier alpha value is -2.34. The number of thioether (sulfide) groups is 1. The highest BCUT2D eigenvalue weighted by Gasteiger charge is 2.20. The second-order valence-electron chi connectivity index (χ2n) is 6.52. The molecule has 0 aliphatic carbocycles. The molecule has 0 unspecified atom stereocenters. The Morgan fingerprint density at radius 2 is 1.96 bits per heavy atom. The molecule has 1 N–H and O–H groups in total. The van der Waals surface area contributed by atoms with Crippen LogP contribution in [0.4, 0.5) is 0 Å². The largest absolute Gasteiger partial charge is 0.451 e. The number of fused-ring (bicyclic) bond motifs is 1. The van der Waals surface area contributed by atoms with Crippen LogP contribution in [-0.4, -0.2) is 22.4 Å². The van der Waals surface area contributed by atoms with Crippen molar-refractivity contribution < 1.29 is 9.21 Å². The van der Waals surface area contributed by atoms with Crippen LogP contribution in [-0.2, 0) is 5.75 Å². The van der Waals surface area contributed by atoms with Gasteiger partial charge in [0.2, 0.25) is 0 Å². The fourth-order valence-electron chi connectivity index (χ4n) is 2.71. The summed E-state index contributed by atoms with van der Waals surface area (Å²) in [5.41, 5.74) is 1.61. The number of amides is 1. The molecule has 2 heterocycles. The molecule has 6 heteroatoms. The van der Waals surface area contributed by atoms with E-state index in [-0.39, 0.29) is 5.91 Å². The molecule has 26 heavy (non-hydrogen) atoms. The molecule has 0 saturated carbocycles. The van der Waals surface area contributed by atoms with Crippen molar-refractivity contribution in [3.63, 3.8) is 0 Å². The minimum absolute atomic E-state index is 0.158. The van der Waals surface area contributed by atoms with Gasteiger partial charge in [-0.3, -0.25) is 4.79 Å². The van der Waals surface area contributed by atoms with E-state index in [4.69, 9.17) is 4.42 Å². The Bertz CT molecular complexity index is 862. The smallest absolute Gasteiger partial charge is 0.287 e. The average molecular weight is 369 g/mol. The second-order valence-corrected chi connectivity index (χ2v) is 7.46. The number of benzene rings is 1. The number of carbonyl (C=O) groups is 1. The average Bonchev–Trinajstić information content (AvgIpc) is 3.03. The molecule has 0 bridgehead atoms. The van der Waals surface area contributed by atoms with Crippen LogP contribution in [0.15, 0.2) is 52.3 Å². The Morgan fingerprint density at radius 1 is 1.19 bits per heavy atom. The molecular formula is C20H23N3O2S. The van der Waals surface area contributed by atoms with Gasteiger partial charge < -0.3 is 9.73 Å². The quantitative estimate of drug-likeness (QED) is 0.355. The molecule has 3 aromatic rings. The normalized spacial score (nSPS) is 11.2. The van der Waals surface area contributed by atoms with E-state index in [1.807, 2.05) is 24.3 Å². The maximum absolute atomic E-state index is 12.6. The monoisotopic (exact) mass is 369 g/mol. The lowest BCUT2D eigenvalue weighted by Gasteiger charge is -2.07. The molecule has 3 rings (SSSR count). The van der Waals surface area contributed by atoms with Crippen molar-refractivity contribution in [3.05, 3.63) is 54.0 Å². The maximum Gasteiger partial charge on any atom is 0.287 e. The zero-order valence-electron chi connectivity index (χ0n) is 15.1. The van der Waals surface area contributed by atoms with Crippen LogP contribution in [0.1, 0.15) is 42.8 Å². The van der Waals surface area contributed by atoms with Gasteiger partial charge >= 0.3 is 0 Å². The highest BCUT2D eigenvalue weighted by atomic mass is 32.2. The summed E-state index contributed by atoms with van der Waals surface area (Å²) in [6, 6.07) is 9.52. The van der Waals surface area contributed by atoms with Gasteiger partial charge in [-0.25, -0.2) is 9.97 Å². The number of aromatic nitrogens is 2. The van der Waals surface area contributed by atoms with Crippen molar-refractivity contribution in [2.45, 2.75) is 37.6 Å². The van der Waals surface area contributed by atoms with Crippen molar-refractivity contribution in [1.29, 1.82) is 0 Å². The van der Waals surface area contributed by atoms with Gasteiger partial charge in [-0.15, -0.1) is 0 Å². The number of para-hydroxylation sites is 1. The summed E-state index contributed by atoms with van der Waals surface area (Å²) in [6.45, 7) is 5.02. The summed E-state index contributed by atoms with van der Waals surface area (Å²) in [6.07, 6.45) is 5.48. The third-order valence-electron chi connectivity index (χ3n) is 4.04. The van der Waals surface area contributed by atoms with Crippen LogP contribution in [0.25, 0.3) is 11.0 Å². The van der Waals surface area contributed by atoms with Crippen LogP contribution in [0.5, 0.6) is 0 Å². The molecule has 0 aliphatic heterocycles. The van der Waals surface area contributed by atoms with Crippen molar-refractivity contribution in [2.75, 3.05) is 6.54 Å². The van der Waals surface area contributed by atoms with E-state index in [1.54, 1.807) is 18.5 Å². The molecule has 1 amide bonds. The van der Waals surface area contributed by atoms with Crippen molar-refractivity contribution >= 4 is 28.6 Å². The Kier molecular flexibility index (Phi) is 6.28. The van der Waals surface area contributed by atoms with E-state index in [0.717, 1.165) is 29.4 Å². The summed E-state index contributed by atoms with van der Waals surface area (Å²) in [5.74, 6) is 1.44. The number of carbonyl (C=O) groups excluding carboxylic acids is 1. The summed E-state index contributed by atoms with van der Waals surface area (Å²) in [7, 11) is 0. The standard InChI is InChI=1S/C20H23N3O2S/c1-14(2)7-5-10-21-19(24)18-16(13-26-20-22-11-6-12-23-20)15-8-3-4-9-17(15)25-18/h3-4,6,8-9,11-12,14H,5,7,10,13H2,1-2H3,(H,21,24). The van der Waals surface area contributed by atoms with Gasteiger partial charge in [0.15, 0.2) is 10.9 Å². The molecule has 5 nitrogen and oxygen atoms in total. The summed E-state index contributed by atoms with van der Waals surface area (Å²) >= 11 is 1.49. The minimum Gasteiger partial charge on any atom is -0.451 e. The summed E-state index contributed by atoms with van der Waals surface area (Å²) in [5, 5.41) is 4.62. The lowest BCUT2D eigenvalue weighted by Crippen LogP contribution is -2.25. The van der Waals surface area contributed by atoms with Crippen molar-refractivity contribution in [2.24, 2.45) is 5.92 Å². The molecule has 1 aromatic carbocycles. The highest BCUT2D eigenvalue weighted by Crippen LogP contribution is 2.30. The number of furan rings is 1. The zero-order valence-corrected chi connectivity index (χ0v) is 15.9. The molecule has 0 spiro atoms. The third-order valence-corrected chi connectivity index (χ3v) is 4.94. The molecule has 0 saturated heterocycles. The first kappa shape index (κ1) is 18.5. The third kappa shape index (κ3) is 4.64. The lowest BCUT2D eigenvalue weighted by molar-refractivity contribution is 0.0926. The van der Waals surface area contributed by atoms with Crippen LogP contribution in [0.2, 0.25) is 0 Å². The van der Waals surface area contributed by atoms with Gasteiger partial charge in [-0.1, -0.05) is 43.8 Å². The van der Waals surface area contributed by atoms with Gasteiger partial charge in [0, 0.05) is 35.6 Å². The second kappa shape index (κ2) is 8.85. The Labute approximate surface area is 157 Å². The fraction of sp³-hybridized carbons (Fsp3) is 0.350. The summed E-state index contributed by atoms with van der Waals surface area (Å²) in [4.78, 5) is 21.1. The predicted molar refractivity (Wildman–Crippen MR) is 104 cm³/mol. The van der Waals surface area contributed by atoms with Gasteiger partial charge in [-0.2, -0.15) is 0 Å². The van der Waals surface area contributed by atoms with E-state index in [9.17, 15) is 4.79 Å². The van der Waals surface area contributed by atoms with Crippen LogP contribution in [0.3, 0.4) is 0 Å². The molecule has 2 aromatic heterocycles. The highest BCUT2D eigenvalue weighted by molar-refractivity contribution is 7.98. The minimum atomic E-state index is -0.158. The number of rotatable bonds is 8. The van der Waals surface area contributed by atoms with Crippen molar-refractivity contribution in [1.82, 2.24) is 15.3 Å². The van der Waals surface area contributed by atoms with Gasteiger partial charge in [0.25, 0.3) is 5.91 Å². The van der Waals surface area contributed by atoms with E-state index < -0.39 is 0 Å². The summed E-state index contributed by atoms with van der Waals surface area (Å²) < 4.78 is 5.86. The first-order chi connectivity index (χ1) is 12.6. The number of nitrogens with zero attached hydrogens (tertiary/aromatic N) is 2. The first-order valence-electron chi connectivity index (χ1n) is 8.83. The molecule has 0 aliphatic rings. The van der Waals surface area contributed by atoms with E-state index in [1.165, 1.54) is 11.8 Å². The van der Waals surface area contributed by atoms with Crippen LogP contribution >= 0.6 is 11.8 Å².